The molecule has 0 aliphatic rings. The van der Waals surface area contributed by atoms with E-state index in [1.807, 2.05) is 44.2 Å². The lowest BCUT2D eigenvalue weighted by atomic mass is 9.86. The van der Waals surface area contributed by atoms with E-state index in [4.69, 9.17) is 5.26 Å². The van der Waals surface area contributed by atoms with Crippen LogP contribution < -0.4 is 0 Å². The Balaban J connectivity index is 3.17. The second-order valence-corrected chi connectivity index (χ2v) is 5.82. The van der Waals surface area contributed by atoms with Crippen LogP contribution in [0, 0.1) is 0 Å². The molecule has 1 atom stereocenters. The van der Waals surface area contributed by atoms with Gasteiger partial charge < -0.3 is 0 Å². The molecule has 15 heavy (non-hydrogen) atoms. The van der Waals surface area contributed by atoms with Crippen molar-refractivity contribution >= 4 is 31.9 Å². The lowest BCUT2D eigenvalue weighted by molar-refractivity contribution is -0.320. The zero-order valence-corrected chi connectivity index (χ0v) is 11.9. The Bertz CT molecular complexity index is 314. The van der Waals surface area contributed by atoms with Gasteiger partial charge in [0.2, 0.25) is 0 Å². The molecule has 1 aromatic carbocycles. The minimum Gasteiger partial charge on any atom is -0.251 e. The highest BCUT2D eigenvalue weighted by Gasteiger charge is 2.45. The summed E-state index contributed by atoms with van der Waals surface area (Å²) in [5.41, 5.74) is 0.332. The van der Waals surface area contributed by atoms with E-state index in [0.717, 1.165) is 5.56 Å². The minimum absolute atomic E-state index is 0.462. The molecule has 0 amide bonds. The second kappa shape index (κ2) is 4.95. The second-order valence-electron chi connectivity index (χ2n) is 3.90. The van der Waals surface area contributed by atoms with Crippen molar-refractivity contribution in [3.63, 3.8) is 0 Å². The molecule has 0 saturated heterocycles. The van der Waals surface area contributed by atoms with Crippen LogP contribution >= 0.6 is 31.9 Å². The molecule has 0 aliphatic heterocycles. The Morgan fingerprint density at radius 1 is 1.27 bits per heavy atom. The van der Waals surface area contributed by atoms with Crippen molar-refractivity contribution in [3.05, 3.63) is 35.9 Å². The molecular weight excluding hydrogens is 324 g/mol. The summed E-state index contributed by atoms with van der Waals surface area (Å²) in [6.45, 7) is 3.66. The van der Waals surface area contributed by atoms with E-state index in [1.54, 1.807) is 0 Å². The van der Waals surface area contributed by atoms with Crippen LogP contribution in [-0.2, 0) is 9.21 Å². The van der Waals surface area contributed by atoms with Crippen LogP contribution in [0.4, 0.5) is 0 Å². The molecule has 0 aliphatic carbocycles. The fraction of sp³-hybridized carbons (Fsp3) is 0.455. The molecule has 0 aromatic heterocycles. The van der Waals surface area contributed by atoms with Crippen molar-refractivity contribution in [1.29, 1.82) is 0 Å². The SMILES string of the molecule is CC(C)(OO)C(Br)(CBr)c1ccccc1. The topological polar surface area (TPSA) is 29.5 Å². The molecule has 0 saturated carbocycles. The average Bonchev–Trinajstić information content (AvgIpc) is 2.29. The molecule has 1 aromatic rings. The molecule has 1 unspecified atom stereocenters. The first-order chi connectivity index (χ1) is 6.98. The molecule has 4 heteroatoms. The van der Waals surface area contributed by atoms with Gasteiger partial charge in [0.1, 0.15) is 5.60 Å². The number of hydrogen-bond donors (Lipinski definition) is 1. The summed E-state index contributed by atoms with van der Waals surface area (Å²) < 4.78 is -0.462. The Morgan fingerprint density at radius 2 is 1.80 bits per heavy atom. The average molecular weight is 338 g/mol. The van der Waals surface area contributed by atoms with E-state index in [2.05, 4.69) is 36.7 Å². The number of hydrogen-bond acceptors (Lipinski definition) is 2. The van der Waals surface area contributed by atoms with E-state index in [-0.39, 0.29) is 0 Å². The highest BCUT2D eigenvalue weighted by Crippen LogP contribution is 2.44. The van der Waals surface area contributed by atoms with Gasteiger partial charge in [-0.3, -0.25) is 5.26 Å². The first-order valence-electron chi connectivity index (χ1n) is 4.61. The first kappa shape index (κ1) is 13.2. The summed E-state index contributed by atoms with van der Waals surface area (Å²) in [6, 6.07) is 9.87. The molecular formula is C11H14Br2O2. The van der Waals surface area contributed by atoms with Crippen LogP contribution in [-0.4, -0.2) is 16.2 Å². The van der Waals surface area contributed by atoms with Gasteiger partial charge in [0.25, 0.3) is 0 Å². The number of alkyl halides is 2. The number of rotatable bonds is 4. The lowest BCUT2D eigenvalue weighted by Crippen LogP contribution is -2.45. The van der Waals surface area contributed by atoms with E-state index in [9.17, 15) is 0 Å². The highest BCUT2D eigenvalue weighted by molar-refractivity contribution is 9.12. The van der Waals surface area contributed by atoms with Gasteiger partial charge in [-0.2, -0.15) is 0 Å². The van der Waals surface area contributed by atoms with Gasteiger partial charge >= 0.3 is 0 Å². The zero-order chi connectivity index (χ0) is 11.5. The van der Waals surface area contributed by atoms with Crippen molar-refractivity contribution < 1.29 is 10.1 Å². The van der Waals surface area contributed by atoms with E-state index in [0.29, 0.717) is 5.33 Å². The van der Waals surface area contributed by atoms with Crippen molar-refractivity contribution in [1.82, 2.24) is 0 Å². The summed E-state index contributed by atoms with van der Waals surface area (Å²) in [5, 5.41) is 9.61. The summed E-state index contributed by atoms with van der Waals surface area (Å²) in [4.78, 5) is 4.57. The predicted octanol–water partition coefficient (Wildman–Crippen LogP) is 3.94. The van der Waals surface area contributed by atoms with Gasteiger partial charge in [-0.05, 0) is 19.4 Å². The third kappa shape index (κ3) is 2.44. The molecule has 0 spiro atoms. The van der Waals surface area contributed by atoms with Crippen LogP contribution in [0.5, 0.6) is 0 Å². The largest absolute Gasteiger partial charge is 0.251 e. The fourth-order valence-electron chi connectivity index (χ4n) is 1.36. The highest BCUT2D eigenvalue weighted by atomic mass is 79.9. The van der Waals surface area contributed by atoms with Crippen molar-refractivity contribution in [2.45, 2.75) is 23.8 Å². The number of benzene rings is 1. The standard InChI is InChI=1S/C11H14Br2O2/c1-10(2,15-14)11(13,8-12)9-6-4-3-5-7-9/h3-7,14H,8H2,1-2H3. The third-order valence-electron chi connectivity index (χ3n) is 2.60. The third-order valence-corrected chi connectivity index (χ3v) is 5.88. The van der Waals surface area contributed by atoms with Gasteiger partial charge in [0.15, 0.2) is 0 Å². The van der Waals surface area contributed by atoms with Crippen LogP contribution in [0.2, 0.25) is 0 Å². The van der Waals surface area contributed by atoms with Crippen molar-refractivity contribution in [2.24, 2.45) is 0 Å². The van der Waals surface area contributed by atoms with Crippen molar-refractivity contribution in [2.75, 3.05) is 5.33 Å². The Labute approximate surface area is 107 Å². The van der Waals surface area contributed by atoms with Crippen molar-refractivity contribution in [3.8, 4) is 0 Å². The Morgan fingerprint density at radius 3 is 2.20 bits per heavy atom. The maximum absolute atomic E-state index is 8.97. The Kier molecular flexibility index (Phi) is 4.35. The maximum atomic E-state index is 8.97. The van der Waals surface area contributed by atoms with E-state index in [1.165, 1.54) is 0 Å². The summed E-state index contributed by atoms with van der Waals surface area (Å²) in [6.07, 6.45) is 0. The van der Waals surface area contributed by atoms with Gasteiger partial charge in [0.05, 0.1) is 4.32 Å². The minimum atomic E-state index is -0.724. The monoisotopic (exact) mass is 336 g/mol. The zero-order valence-electron chi connectivity index (χ0n) is 8.71. The van der Waals surface area contributed by atoms with E-state index < -0.39 is 9.93 Å². The molecule has 0 radical (unpaired) electrons. The van der Waals surface area contributed by atoms with Crippen LogP contribution in [0.15, 0.2) is 30.3 Å². The fourth-order valence-corrected chi connectivity index (χ4v) is 2.70. The predicted molar refractivity (Wildman–Crippen MR) is 68.6 cm³/mol. The molecule has 1 N–H and O–H groups in total. The van der Waals surface area contributed by atoms with Gasteiger partial charge in [0, 0.05) is 5.33 Å². The first-order valence-corrected chi connectivity index (χ1v) is 6.52. The van der Waals surface area contributed by atoms with Crippen LogP contribution in [0.25, 0.3) is 0 Å². The maximum Gasteiger partial charge on any atom is 0.118 e. The summed E-state index contributed by atoms with van der Waals surface area (Å²) in [7, 11) is 0. The molecule has 2 nitrogen and oxygen atoms in total. The smallest absolute Gasteiger partial charge is 0.118 e. The Hall–Kier alpha value is 0.1000. The summed E-state index contributed by atoms with van der Waals surface area (Å²) >= 11 is 7.09. The van der Waals surface area contributed by atoms with Gasteiger partial charge in [-0.25, -0.2) is 4.89 Å². The van der Waals surface area contributed by atoms with Gasteiger partial charge in [-0.15, -0.1) is 0 Å². The molecule has 84 valence electrons. The quantitative estimate of drug-likeness (QED) is 0.512. The normalized spacial score (nSPS) is 16.1. The van der Waals surface area contributed by atoms with E-state index >= 15 is 0 Å². The lowest BCUT2D eigenvalue weighted by Gasteiger charge is -2.38. The van der Waals surface area contributed by atoms with Gasteiger partial charge in [-0.1, -0.05) is 62.2 Å². The van der Waals surface area contributed by atoms with Crippen LogP contribution in [0.1, 0.15) is 19.4 Å². The summed E-state index contributed by atoms with van der Waals surface area (Å²) in [5.74, 6) is 0. The number of halogens is 2. The molecule has 0 bridgehead atoms. The van der Waals surface area contributed by atoms with Crippen LogP contribution in [0.3, 0.4) is 0 Å². The molecule has 1 rings (SSSR count). The molecule has 0 heterocycles. The molecule has 0 fully saturated rings.